The third-order valence-corrected chi connectivity index (χ3v) is 9.31. The van der Waals surface area contributed by atoms with Gasteiger partial charge in [0.25, 0.3) is 0 Å². The van der Waals surface area contributed by atoms with E-state index in [9.17, 15) is 9.90 Å². The molecule has 0 aromatic rings. The van der Waals surface area contributed by atoms with Gasteiger partial charge in [-0.3, -0.25) is 0 Å². The molecular weight excluding hydrogens is 284 g/mol. The van der Waals surface area contributed by atoms with E-state index in [1.54, 1.807) is 0 Å². The lowest BCUT2D eigenvalue weighted by atomic mass is 9.42. The largest absolute Gasteiger partial charge is 0.390 e. The van der Waals surface area contributed by atoms with Crippen molar-refractivity contribution in [3.63, 3.8) is 0 Å². The van der Waals surface area contributed by atoms with Crippen molar-refractivity contribution in [1.82, 2.24) is 0 Å². The summed E-state index contributed by atoms with van der Waals surface area (Å²) in [6.45, 7) is 6.81. The van der Waals surface area contributed by atoms with Crippen LogP contribution in [-0.4, -0.2) is 17.0 Å². The van der Waals surface area contributed by atoms with Crippen LogP contribution >= 0.6 is 0 Å². The van der Waals surface area contributed by atoms with E-state index in [1.807, 2.05) is 0 Å². The summed E-state index contributed by atoms with van der Waals surface area (Å²) in [5, 5.41) is 11.0. The Kier molecular flexibility index (Phi) is 3.55. The minimum absolute atomic E-state index is 0.0314. The van der Waals surface area contributed by atoms with Crippen molar-refractivity contribution < 1.29 is 9.90 Å². The molecular formula is C21H34O2. The first kappa shape index (κ1) is 16.1. The lowest BCUT2D eigenvalue weighted by Crippen LogP contribution is -2.58. The van der Waals surface area contributed by atoms with Crippen LogP contribution in [0.3, 0.4) is 0 Å². The molecule has 2 nitrogen and oxygen atoms in total. The molecule has 0 spiro atoms. The monoisotopic (exact) mass is 318 g/mol. The smallest absolute Gasteiger partial charge is 0.126 e. The molecule has 4 saturated carbocycles. The molecule has 0 amide bonds. The van der Waals surface area contributed by atoms with E-state index < -0.39 is 5.60 Å². The number of hydrogen-bond acceptors (Lipinski definition) is 2. The Balaban J connectivity index is 1.73. The molecule has 0 unspecified atom stereocenters. The molecule has 0 radical (unpaired) electrons. The van der Waals surface area contributed by atoms with Crippen LogP contribution in [-0.2, 0) is 4.79 Å². The van der Waals surface area contributed by atoms with Crippen LogP contribution in [0.2, 0.25) is 0 Å². The van der Waals surface area contributed by atoms with Gasteiger partial charge in [-0.15, -0.1) is 0 Å². The Labute approximate surface area is 141 Å². The molecule has 23 heavy (non-hydrogen) atoms. The zero-order valence-electron chi connectivity index (χ0n) is 15.2. The van der Waals surface area contributed by atoms with E-state index in [-0.39, 0.29) is 10.8 Å². The van der Waals surface area contributed by atoms with Gasteiger partial charge in [-0.2, -0.15) is 0 Å². The van der Waals surface area contributed by atoms with Crippen LogP contribution in [0.4, 0.5) is 0 Å². The molecule has 4 aliphatic carbocycles. The molecule has 4 aliphatic rings. The summed E-state index contributed by atoms with van der Waals surface area (Å²) in [6.07, 6.45) is 12.0. The van der Waals surface area contributed by atoms with Gasteiger partial charge in [-0.25, -0.2) is 0 Å². The first-order valence-electron chi connectivity index (χ1n) is 10.0. The Hall–Kier alpha value is -0.370. The molecule has 8 atom stereocenters. The summed E-state index contributed by atoms with van der Waals surface area (Å²) in [6, 6.07) is 0. The standard InChI is InChI=1S/C21H34O2/c1-14-12-15-17-8-11-20(3,23)19(17,2)10-7-18(15)21(13-22)9-5-4-6-16(14)21/h13-18,23H,4-12H2,1-3H3/t14-,15-,16+,17-,18-,19-,20-,21+/m0/s1. The first-order valence-corrected chi connectivity index (χ1v) is 10.0. The zero-order valence-corrected chi connectivity index (χ0v) is 15.2. The minimum Gasteiger partial charge on any atom is -0.390 e. The normalized spacial score (nSPS) is 58.9. The quantitative estimate of drug-likeness (QED) is 0.718. The Morgan fingerprint density at radius 3 is 2.43 bits per heavy atom. The second-order valence-corrected chi connectivity index (χ2v) is 9.94. The third kappa shape index (κ3) is 1.94. The van der Waals surface area contributed by atoms with Gasteiger partial charge in [0, 0.05) is 5.41 Å². The van der Waals surface area contributed by atoms with E-state index in [4.69, 9.17) is 0 Å². The maximum absolute atomic E-state index is 12.4. The van der Waals surface area contributed by atoms with E-state index in [0.29, 0.717) is 29.6 Å². The molecule has 1 N–H and O–H groups in total. The molecule has 4 rings (SSSR count). The van der Waals surface area contributed by atoms with Crippen LogP contribution in [0.1, 0.15) is 78.6 Å². The molecule has 0 aromatic carbocycles. The molecule has 0 bridgehead atoms. The average Bonchev–Trinajstić information content (AvgIpc) is 2.78. The Bertz CT molecular complexity index is 498. The van der Waals surface area contributed by atoms with E-state index >= 15 is 0 Å². The van der Waals surface area contributed by atoms with Crippen molar-refractivity contribution in [1.29, 1.82) is 0 Å². The van der Waals surface area contributed by atoms with Crippen molar-refractivity contribution >= 4 is 6.29 Å². The van der Waals surface area contributed by atoms with Crippen LogP contribution in [0.5, 0.6) is 0 Å². The van der Waals surface area contributed by atoms with Gasteiger partial charge in [-0.1, -0.05) is 26.7 Å². The fourth-order valence-corrected chi connectivity index (χ4v) is 7.88. The highest BCUT2D eigenvalue weighted by molar-refractivity contribution is 5.61. The van der Waals surface area contributed by atoms with Gasteiger partial charge in [0.15, 0.2) is 0 Å². The van der Waals surface area contributed by atoms with Crippen LogP contribution < -0.4 is 0 Å². The fraction of sp³-hybridized carbons (Fsp3) is 0.952. The summed E-state index contributed by atoms with van der Waals surface area (Å²) < 4.78 is 0. The van der Waals surface area contributed by atoms with Crippen molar-refractivity contribution in [2.45, 2.75) is 84.2 Å². The Morgan fingerprint density at radius 1 is 0.957 bits per heavy atom. The summed E-state index contributed by atoms with van der Waals surface area (Å²) in [5.74, 6) is 3.18. The lowest BCUT2D eigenvalue weighted by molar-refractivity contribution is -0.167. The lowest BCUT2D eigenvalue weighted by Gasteiger charge is -2.61. The first-order chi connectivity index (χ1) is 10.9. The number of fused-ring (bicyclic) bond motifs is 5. The maximum atomic E-state index is 12.4. The number of carbonyl (C=O) groups is 1. The topological polar surface area (TPSA) is 37.3 Å². The van der Waals surface area contributed by atoms with Crippen LogP contribution in [0.15, 0.2) is 0 Å². The zero-order chi connectivity index (χ0) is 16.5. The van der Waals surface area contributed by atoms with Gasteiger partial charge in [0.1, 0.15) is 6.29 Å². The van der Waals surface area contributed by atoms with Crippen molar-refractivity contribution in [3.8, 4) is 0 Å². The highest BCUT2D eigenvalue weighted by atomic mass is 16.3. The van der Waals surface area contributed by atoms with Gasteiger partial charge >= 0.3 is 0 Å². The number of rotatable bonds is 1. The average molecular weight is 319 g/mol. The minimum atomic E-state index is -0.510. The predicted molar refractivity (Wildman–Crippen MR) is 91.9 cm³/mol. The second-order valence-electron chi connectivity index (χ2n) is 9.94. The number of hydrogen-bond donors (Lipinski definition) is 1. The van der Waals surface area contributed by atoms with Gasteiger partial charge in [0.2, 0.25) is 0 Å². The van der Waals surface area contributed by atoms with E-state index in [2.05, 4.69) is 20.8 Å². The van der Waals surface area contributed by atoms with Crippen LogP contribution in [0.25, 0.3) is 0 Å². The van der Waals surface area contributed by atoms with Gasteiger partial charge in [0.05, 0.1) is 5.60 Å². The second kappa shape index (κ2) is 5.07. The molecule has 2 heteroatoms. The fourth-order valence-electron chi connectivity index (χ4n) is 7.88. The highest BCUT2D eigenvalue weighted by Gasteiger charge is 2.64. The maximum Gasteiger partial charge on any atom is 0.126 e. The number of aliphatic hydroxyl groups is 1. The number of aldehydes is 1. The SMILES string of the molecule is C[C@H]1C[C@@H]2[C@H](CC[C@@]3(C)[C@H]2CC[C@]3(C)O)[C@@]2(C=O)CCCC[C@H]12. The molecule has 130 valence electrons. The highest BCUT2D eigenvalue weighted by Crippen LogP contribution is 2.68. The van der Waals surface area contributed by atoms with E-state index in [1.165, 1.54) is 32.0 Å². The third-order valence-electron chi connectivity index (χ3n) is 9.31. The van der Waals surface area contributed by atoms with Crippen molar-refractivity contribution in [2.75, 3.05) is 0 Å². The number of carbonyl (C=O) groups excluding carboxylic acids is 1. The molecule has 0 saturated heterocycles. The van der Waals surface area contributed by atoms with Crippen LogP contribution in [0, 0.1) is 40.4 Å². The summed E-state index contributed by atoms with van der Waals surface area (Å²) in [7, 11) is 0. The van der Waals surface area contributed by atoms with E-state index in [0.717, 1.165) is 32.1 Å². The molecule has 4 fully saturated rings. The molecule has 0 heterocycles. The van der Waals surface area contributed by atoms with Crippen molar-refractivity contribution in [3.05, 3.63) is 0 Å². The van der Waals surface area contributed by atoms with Gasteiger partial charge in [-0.05, 0) is 86.9 Å². The van der Waals surface area contributed by atoms with Gasteiger partial charge < -0.3 is 9.90 Å². The Morgan fingerprint density at radius 2 is 1.70 bits per heavy atom. The van der Waals surface area contributed by atoms with Crippen molar-refractivity contribution in [2.24, 2.45) is 40.4 Å². The summed E-state index contributed by atoms with van der Waals surface area (Å²) in [4.78, 5) is 12.4. The molecule has 0 aliphatic heterocycles. The predicted octanol–water partition coefficient (Wildman–Crippen LogP) is 4.60. The summed E-state index contributed by atoms with van der Waals surface area (Å²) >= 11 is 0. The summed E-state index contributed by atoms with van der Waals surface area (Å²) in [5.41, 5.74) is -0.473. The molecule has 0 aromatic heterocycles.